The summed E-state index contributed by atoms with van der Waals surface area (Å²) in [6.07, 6.45) is 7.37. The van der Waals surface area contributed by atoms with Crippen LogP contribution in [-0.4, -0.2) is 58.8 Å². The Labute approximate surface area is 257 Å². The number of likely N-dealkylation sites (N-methyl/N-ethyl adjacent to an activating group) is 1. The number of anilines is 1. The van der Waals surface area contributed by atoms with Crippen LogP contribution >= 0.6 is 22.9 Å². The molecule has 0 radical (unpaired) electrons. The predicted octanol–water partition coefficient (Wildman–Crippen LogP) is 6.53. The van der Waals surface area contributed by atoms with Crippen LogP contribution in [0.2, 0.25) is 5.02 Å². The molecule has 2 aromatic heterocycles. The minimum Gasteiger partial charge on any atom is -0.338 e. The molecule has 3 aromatic rings. The number of carbonyl (C=O) groups is 3. The summed E-state index contributed by atoms with van der Waals surface area (Å²) < 4.78 is 0. The van der Waals surface area contributed by atoms with Crippen LogP contribution in [0.4, 0.5) is 10.5 Å². The van der Waals surface area contributed by atoms with Crippen LogP contribution in [0.3, 0.4) is 0 Å². The molecule has 1 aromatic carbocycles. The Balaban J connectivity index is 0.00000129. The topological polar surface area (TPSA) is 85.9 Å². The predicted molar refractivity (Wildman–Crippen MR) is 169 cm³/mol. The van der Waals surface area contributed by atoms with Crippen LogP contribution in [-0.2, 0) is 24.3 Å². The first-order chi connectivity index (χ1) is 20.3. The molecule has 0 saturated carbocycles. The van der Waals surface area contributed by atoms with E-state index >= 15 is 0 Å². The largest absolute Gasteiger partial charge is 0.338 e. The van der Waals surface area contributed by atoms with Gasteiger partial charge in [-0.1, -0.05) is 44.0 Å². The molecule has 0 aliphatic carbocycles. The van der Waals surface area contributed by atoms with Gasteiger partial charge in [0.1, 0.15) is 6.04 Å². The number of hydrogen-bond acceptors (Lipinski definition) is 5. The first-order valence-corrected chi connectivity index (χ1v) is 16.0. The molecule has 1 N–H and O–H groups in total. The average Bonchev–Trinajstić information content (AvgIpc) is 3.63. The maximum Gasteiger partial charge on any atom is 0.318 e. The average molecular weight is 610 g/mol. The van der Waals surface area contributed by atoms with E-state index < -0.39 is 6.04 Å². The van der Waals surface area contributed by atoms with E-state index in [2.05, 4.69) is 24.1 Å². The number of urea groups is 1. The van der Waals surface area contributed by atoms with Crippen LogP contribution in [0.5, 0.6) is 0 Å². The molecule has 0 bridgehead atoms. The van der Waals surface area contributed by atoms with Crippen LogP contribution in [0.15, 0.2) is 54.0 Å². The van der Waals surface area contributed by atoms with Crippen molar-refractivity contribution in [3.63, 3.8) is 0 Å². The fraction of sp³-hybridized carbons (Fsp3) is 0.438. The summed E-state index contributed by atoms with van der Waals surface area (Å²) >= 11 is 8.26. The SMILES string of the molecule is CCC.CN(Cc1ccccn1)C(=O)C1CCCN1C(=O)NCc1ccc(C(=O)N2CCCCc3sccc32)cc1Cl. The third kappa shape index (κ3) is 7.69. The number of benzene rings is 1. The number of amides is 4. The second-order valence-corrected chi connectivity index (χ2v) is 12.1. The van der Waals surface area contributed by atoms with Crippen molar-refractivity contribution in [2.75, 3.05) is 25.0 Å². The lowest BCUT2D eigenvalue weighted by Gasteiger charge is -2.28. The molecular weight excluding hydrogens is 570 g/mol. The van der Waals surface area contributed by atoms with E-state index in [0.717, 1.165) is 37.1 Å². The number of nitrogens with zero attached hydrogens (tertiary/aromatic N) is 4. The molecule has 4 amide bonds. The molecule has 1 fully saturated rings. The maximum atomic E-state index is 13.3. The van der Waals surface area contributed by atoms with E-state index in [1.807, 2.05) is 34.5 Å². The van der Waals surface area contributed by atoms with Crippen molar-refractivity contribution < 1.29 is 14.4 Å². The smallest absolute Gasteiger partial charge is 0.318 e. The molecule has 0 spiro atoms. The lowest BCUT2D eigenvalue weighted by Crippen LogP contribution is -2.49. The van der Waals surface area contributed by atoms with Crippen LogP contribution in [0.1, 0.15) is 72.4 Å². The lowest BCUT2D eigenvalue weighted by atomic mass is 10.1. The van der Waals surface area contributed by atoms with Gasteiger partial charge in [-0.3, -0.25) is 14.6 Å². The summed E-state index contributed by atoms with van der Waals surface area (Å²) in [5, 5.41) is 5.37. The van der Waals surface area contributed by atoms with Crippen molar-refractivity contribution in [2.24, 2.45) is 0 Å². The van der Waals surface area contributed by atoms with E-state index in [1.165, 1.54) is 11.3 Å². The van der Waals surface area contributed by atoms with E-state index in [1.54, 1.807) is 52.6 Å². The number of rotatable bonds is 6. The van der Waals surface area contributed by atoms with Gasteiger partial charge in [-0.15, -0.1) is 11.3 Å². The first kappa shape index (κ1) is 31.5. The lowest BCUT2D eigenvalue weighted by molar-refractivity contribution is -0.134. The Morgan fingerprint density at radius 3 is 2.64 bits per heavy atom. The van der Waals surface area contributed by atoms with E-state index in [9.17, 15) is 14.4 Å². The summed E-state index contributed by atoms with van der Waals surface area (Å²) in [5.74, 6) is -0.168. The zero-order chi connectivity index (χ0) is 30.1. The quantitative estimate of drug-likeness (QED) is 0.344. The molecule has 10 heteroatoms. The molecule has 1 unspecified atom stereocenters. The van der Waals surface area contributed by atoms with Gasteiger partial charge in [-0.25, -0.2) is 4.79 Å². The van der Waals surface area contributed by atoms with Gasteiger partial charge < -0.3 is 20.0 Å². The number of carbonyl (C=O) groups excluding carboxylic acids is 3. The van der Waals surface area contributed by atoms with Gasteiger partial charge in [0.25, 0.3) is 5.91 Å². The summed E-state index contributed by atoms with van der Waals surface area (Å²) in [7, 11) is 1.73. The van der Waals surface area contributed by atoms with Crippen molar-refractivity contribution >= 4 is 46.5 Å². The number of fused-ring (bicyclic) bond motifs is 1. The van der Waals surface area contributed by atoms with Crippen molar-refractivity contribution in [1.82, 2.24) is 20.1 Å². The number of hydrogen-bond donors (Lipinski definition) is 1. The summed E-state index contributed by atoms with van der Waals surface area (Å²) in [6, 6.07) is 12.0. The van der Waals surface area contributed by atoms with Crippen molar-refractivity contribution in [3.05, 3.63) is 80.8 Å². The minimum atomic E-state index is -0.509. The standard InChI is InChI=1S/C29H32ClN5O3S.C3H8/c1-33(19-22-7-2-4-13-31-22)28(37)25-8-6-15-35(25)29(38)32-18-21-11-10-20(17-23(21)30)27(36)34-14-5-3-9-26-24(34)12-16-39-26;1-3-2/h2,4,7,10-13,16-17,25H,3,5-6,8-9,14-15,18-19H2,1H3,(H,32,38);3H2,1-2H3. The van der Waals surface area contributed by atoms with Crippen molar-refractivity contribution in [3.8, 4) is 0 Å². The normalized spacial score (nSPS) is 16.1. The second kappa shape index (κ2) is 15.2. The van der Waals surface area contributed by atoms with Gasteiger partial charge >= 0.3 is 6.03 Å². The summed E-state index contributed by atoms with van der Waals surface area (Å²) in [5.41, 5.74) is 3.03. The van der Waals surface area contributed by atoms with Gasteiger partial charge in [0.15, 0.2) is 0 Å². The maximum absolute atomic E-state index is 13.3. The highest BCUT2D eigenvalue weighted by Crippen LogP contribution is 2.32. The summed E-state index contributed by atoms with van der Waals surface area (Å²) in [4.78, 5) is 50.1. The molecule has 2 aliphatic rings. The number of halogens is 1. The Morgan fingerprint density at radius 1 is 1.10 bits per heavy atom. The molecule has 42 heavy (non-hydrogen) atoms. The fourth-order valence-corrected chi connectivity index (χ4v) is 6.40. The van der Waals surface area contributed by atoms with Gasteiger partial charge in [0, 0.05) is 48.3 Å². The highest BCUT2D eigenvalue weighted by atomic mass is 35.5. The highest BCUT2D eigenvalue weighted by Gasteiger charge is 2.35. The van der Waals surface area contributed by atoms with Gasteiger partial charge in [-0.2, -0.15) is 0 Å². The number of nitrogens with one attached hydrogen (secondary N) is 1. The fourth-order valence-electron chi connectivity index (χ4n) is 5.23. The minimum absolute atomic E-state index is 0.0673. The molecule has 8 nitrogen and oxygen atoms in total. The van der Waals surface area contributed by atoms with E-state index in [4.69, 9.17) is 11.6 Å². The first-order valence-electron chi connectivity index (χ1n) is 14.7. The Bertz CT molecular complexity index is 1370. The number of aryl methyl sites for hydroxylation is 1. The molecule has 5 rings (SSSR count). The van der Waals surface area contributed by atoms with Crippen LogP contribution in [0, 0.1) is 0 Å². The third-order valence-corrected chi connectivity index (χ3v) is 8.65. The third-order valence-electron chi connectivity index (χ3n) is 7.32. The number of thiophene rings is 1. The molecule has 1 atom stereocenters. The van der Waals surface area contributed by atoms with Crippen molar-refractivity contribution in [2.45, 2.75) is 71.5 Å². The number of aromatic nitrogens is 1. The Hall–Kier alpha value is -3.43. The monoisotopic (exact) mass is 609 g/mol. The van der Waals surface area contributed by atoms with E-state index in [-0.39, 0.29) is 24.4 Å². The molecular formula is C32H40ClN5O3S. The second-order valence-electron chi connectivity index (χ2n) is 10.7. The molecule has 1 saturated heterocycles. The Kier molecular flexibility index (Phi) is 11.4. The van der Waals surface area contributed by atoms with Crippen LogP contribution in [0.25, 0.3) is 0 Å². The van der Waals surface area contributed by atoms with Crippen molar-refractivity contribution in [1.29, 1.82) is 0 Å². The Morgan fingerprint density at radius 2 is 1.90 bits per heavy atom. The van der Waals surface area contributed by atoms with Gasteiger partial charge in [0.2, 0.25) is 5.91 Å². The molecule has 2 aliphatic heterocycles. The van der Waals surface area contributed by atoms with Gasteiger partial charge in [0.05, 0.1) is 17.9 Å². The highest BCUT2D eigenvalue weighted by molar-refractivity contribution is 7.10. The van der Waals surface area contributed by atoms with Crippen LogP contribution < -0.4 is 10.2 Å². The molecule has 224 valence electrons. The zero-order valence-electron chi connectivity index (χ0n) is 24.6. The van der Waals surface area contributed by atoms with Gasteiger partial charge in [-0.05, 0) is 73.4 Å². The number of likely N-dealkylation sites (tertiary alicyclic amines) is 1. The summed E-state index contributed by atoms with van der Waals surface area (Å²) in [6.45, 7) is 6.04. The zero-order valence-corrected chi connectivity index (χ0v) is 26.2. The van der Waals surface area contributed by atoms with E-state index in [0.29, 0.717) is 42.2 Å². The number of pyridine rings is 1. The molecule has 4 heterocycles.